The predicted octanol–water partition coefficient (Wildman–Crippen LogP) is 3.41. The van der Waals surface area contributed by atoms with Crippen LogP contribution < -0.4 is 0 Å². The van der Waals surface area contributed by atoms with E-state index in [2.05, 4.69) is 34.3 Å². The van der Waals surface area contributed by atoms with E-state index in [1.807, 2.05) is 11.7 Å². The average Bonchev–Trinajstić information content (AvgIpc) is 2.78. The number of hydrogen-bond donors (Lipinski definition) is 0. The van der Waals surface area contributed by atoms with Crippen LogP contribution in [0.25, 0.3) is 27.2 Å². The molecule has 0 atom stereocenters. The van der Waals surface area contributed by atoms with Gasteiger partial charge in [-0.2, -0.15) is 0 Å². The molecule has 0 saturated heterocycles. The van der Waals surface area contributed by atoms with Crippen molar-refractivity contribution in [1.29, 1.82) is 0 Å². The summed E-state index contributed by atoms with van der Waals surface area (Å²) >= 11 is 1.69. The maximum atomic E-state index is 4.47. The van der Waals surface area contributed by atoms with Crippen LogP contribution in [0.4, 0.5) is 0 Å². The van der Waals surface area contributed by atoms with Crippen molar-refractivity contribution < 1.29 is 0 Å². The lowest BCUT2D eigenvalue weighted by Crippen LogP contribution is -1.95. The van der Waals surface area contributed by atoms with Crippen molar-refractivity contribution in [2.45, 2.75) is 6.42 Å². The Balaban J connectivity index is 2.36. The van der Waals surface area contributed by atoms with E-state index < -0.39 is 0 Å². The van der Waals surface area contributed by atoms with Gasteiger partial charge in [0.25, 0.3) is 0 Å². The molecular formula is C13H8N2S. The van der Waals surface area contributed by atoms with Gasteiger partial charge in [0.05, 0.1) is 21.2 Å². The second-order valence-corrected chi connectivity index (χ2v) is 4.84. The van der Waals surface area contributed by atoms with Crippen LogP contribution in [0.5, 0.6) is 0 Å². The number of rotatable bonds is 0. The Labute approximate surface area is 96.3 Å². The van der Waals surface area contributed by atoms with Crippen LogP contribution in [0.15, 0.2) is 29.9 Å². The maximum Gasteiger partial charge on any atom is 0.0854 e. The van der Waals surface area contributed by atoms with Crippen LogP contribution in [0, 0.1) is 0 Å². The maximum absolute atomic E-state index is 4.47. The molecule has 1 aliphatic carbocycles. The summed E-state index contributed by atoms with van der Waals surface area (Å²) in [6.07, 6.45) is 7.23. The van der Waals surface area contributed by atoms with Gasteiger partial charge in [-0.3, -0.25) is 4.98 Å². The Morgan fingerprint density at radius 3 is 3.25 bits per heavy atom. The minimum absolute atomic E-state index is 0.969. The van der Waals surface area contributed by atoms with Gasteiger partial charge >= 0.3 is 0 Å². The van der Waals surface area contributed by atoms with E-state index in [4.69, 9.17) is 0 Å². The van der Waals surface area contributed by atoms with Gasteiger partial charge in [-0.15, -0.1) is 11.3 Å². The molecule has 76 valence electrons. The summed E-state index contributed by atoms with van der Waals surface area (Å²) in [6.45, 7) is 0. The Morgan fingerprint density at radius 1 is 1.25 bits per heavy atom. The molecule has 0 N–H and O–H groups in total. The van der Waals surface area contributed by atoms with E-state index in [1.165, 1.54) is 21.2 Å². The monoisotopic (exact) mass is 224 g/mol. The molecule has 2 heterocycles. The first-order chi connectivity index (χ1) is 7.93. The molecule has 2 nitrogen and oxygen atoms in total. The lowest BCUT2D eigenvalue weighted by atomic mass is 9.95. The summed E-state index contributed by atoms with van der Waals surface area (Å²) in [5.41, 5.74) is 6.75. The normalized spacial score (nSPS) is 13.8. The van der Waals surface area contributed by atoms with Crippen molar-refractivity contribution in [1.82, 2.24) is 9.97 Å². The number of benzene rings is 1. The highest BCUT2D eigenvalue weighted by Crippen LogP contribution is 2.34. The molecule has 4 rings (SSSR count). The lowest BCUT2D eigenvalue weighted by Gasteiger charge is -2.12. The van der Waals surface area contributed by atoms with Crippen molar-refractivity contribution in [2.24, 2.45) is 0 Å². The molecule has 16 heavy (non-hydrogen) atoms. The third-order valence-electron chi connectivity index (χ3n) is 3.08. The second kappa shape index (κ2) is 2.89. The van der Waals surface area contributed by atoms with E-state index in [-0.39, 0.29) is 0 Å². The Kier molecular flexibility index (Phi) is 1.52. The van der Waals surface area contributed by atoms with Crippen molar-refractivity contribution in [3.8, 4) is 0 Å². The molecule has 0 radical (unpaired) electrons. The summed E-state index contributed by atoms with van der Waals surface area (Å²) in [4.78, 5) is 8.93. The smallest absolute Gasteiger partial charge is 0.0854 e. The average molecular weight is 224 g/mol. The summed E-state index contributed by atoms with van der Waals surface area (Å²) in [5.74, 6) is 0. The Bertz CT molecular complexity index is 740. The van der Waals surface area contributed by atoms with Crippen LogP contribution >= 0.6 is 11.3 Å². The zero-order chi connectivity index (χ0) is 10.5. The van der Waals surface area contributed by atoms with Gasteiger partial charge < -0.3 is 0 Å². The Morgan fingerprint density at radius 2 is 2.25 bits per heavy atom. The third-order valence-corrected chi connectivity index (χ3v) is 3.86. The molecule has 0 fully saturated rings. The molecular weight excluding hydrogens is 216 g/mol. The highest BCUT2D eigenvalue weighted by molar-refractivity contribution is 7.16. The van der Waals surface area contributed by atoms with E-state index >= 15 is 0 Å². The summed E-state index contributed by atoms with van der Waals surface area (Å²) < 4.78 is 1.24. The van der Waals surface area contributed by atoms with Gasteiger partial charge in [0.1, 0.15) is 0 Å². The van der Waals surface area contributed by atoms with Crippen LogP contribution in [0.1, 0.15) is 11.1 Å². The van der Waals surface area contributed by atoms with Crippen LogP contribution in [0.3, 0.4) is 0 Å². The number of pyridine rings is 1. The number of fused-ring (bicyclic) bond motifs is 2. The van der Waals surface area contributed by atoms with Gasteiger partial charge in [0, 0.05) is 11.6 Å². The van der Waals surface area contributed by atoms with Gasteiger partial charge in [0.15, 0.2) is 0 Å². The molecule has 1 aromatic carbocycles. The number of aromatic nitrogens is 2. The zero-order valence-electron chi connectivity index (χ0n) is 8.47. The fourth-order valence-electron chi connectivity index (χ4n) is 2.40. The molecule has 0 amide bonds. The van der Waals surface area contributed by atoms with Crippen molar-refractivity contribution in [2.75, 3.05) is 0 Å². The summed E-state index contributed by atoms with van der Waals surface area (Å²) in [5, 5.41) is 1.28. The quantitative estimate of drug-likeness (QED) is 0.584. The van der Waals surface area contributed by atoms with Crippen molar-refractivity contribution >= 4 is 38.5 Å². The molecule has 3 aromatic rings. The number of thiazole rings is 1. The molecule has 0 aliphatic heterocycles. The largest absolute Gasteiger partial charge is 0.256 e. The lowest BCUT2D eigenvalue weighted by molar-refractivity contribution is 1.28. The van der Waals surface area contributed by atoms with Crippen LogP contribution in [-0.2, 0) is 6.42 Å². The SMILES string of the molecule is C1=Cc2ccnc3cc4scnc4c(c23)C1. The van der Waals surface area contributed by atoms with E-state index in [0.717, 1.165) is 17.5 Å². The summed E-state index contributed by atoms with van der Waals surface area (Å²) in [7, 11) is 0. The van der Waals surface area contributed by atoms with E-state index in [1.54, 1.807) is 11.3 Å². The Hall–Kier alpha value is -1.74. The molecule has 0 saturated carbocycles. The zero-order valence-corrected chi connectivity index (χ0v) is 9.29. The first kappa shape index (κ1) is 8.42. The standard InChI is InChI=1S/C13H8N2S/c1-2-8-4-5-14-10-6-11-13(15-7-16-11)9(3-1)12(8)10/h1-2,4-7H,3H2. The predicted molar refractivity (Wildman–Crippen MR) is 67.7 cm³/mol. The molecule has 0 unspecified atom stereocenters. The number of allylic oxidation sites excluding steroid dienone is 1. The molecule has 2 aromatic heterocycles. The molecule has 1 aliphatic rings. The van der Waals surface area contributed by atoms with E-state index in [0.29, 0.717) is 0 Å². The van der Waals surface area contributed by atoms with Crippen LogP contribution in [-0.4, -0.2) is 9.97 Å². The minimum Gasteiger partial charge on any atom is -0.256 e. The highest BCUT2D eigenvalue weighted by atomic mass is 32.1. The number of nitrogens with zero attached hydrogens (tertiary/aromatic N) is 2. The summed E-state index contributed by atoms with van der Waals surface area (Å²) in [6, 6.07) is 4.22. The molecule has 0 spiro atoms. The van der Waals surface area contributed by atoms with Gasteiger partial charge in [-0.25, -0.2) is 4.98 Å². The molecule has 3 heteroatoms. The molecule has 0 bridgehead atoms. The topological polar surface area (TPSA) is 25.8 Å². The van der Waals surface area contributed by atoms with Gasteiger partial charge in [0.2, 0.25) is 0 Å². The van der Waals surface area contributed by atoms with E-state index in [9.17, 15) is 0 Å². The highest BCUT2D eigenvalue weighted by Gasteiger charge is 2.14. The van der Waals surface area contributed by atoms with Crippen LogP contribution in [0.2, 0.25) is 0 Å². The van der Waals surface area contributed by atoms with Crippen molar-refractivity contribution in [3.05, 3.63) is 41.0 Å². The van der Waals surface area contributed by atoms with Gasteiger partial charge in [-0.1, -0.05) is 12.2 Å². The van der Waals surface area contributed by atoms with Gasteiger partial charge in [-0.05, 0) is 29.7 Å². The fourth-order valence-corrected chi connectivity index (χ4v) is 3.14. The fraction of sp³-hybridized carbons (Fsp3) is 0.0769. The minimum atomic E-state index is 0.969. The third kappa shape index (κ3) is 0.959. The van der Waals surface area contributed by atoms with Crippen molar-refractivity contribution in [3.63, 3.8) is 0 Å². The first-order valence-electron chi connectivity index (χ1n) is 5.24. The number of hydrogen-bond acceptors (Lipinski definition) is 3. The second-order valence-electron chi connectivity index (χ2n) is 3.96. The first-order valence-corrected chi connectivity index (χ1v) is 6.12.